The van der Waals surface area contributed by atoms with Gasteiger partial charge in [-0.3, -0.25) is 14.5 Å². The molecule has 13 heteroatoms. The Kier molecular flexibility index (Phi) is 11.2. The van der Waals surface area contributed by atoms with Crippen LogP contribution in [-0.4, -0.2) is 103 Å². The van der Waals surface area contributed by atoms with E-state index in [1.165, 1.54) is 32.8 Å². The Hall–Kier alpha value is -5.79. The van der Waals surface area contributed by atoms with E-state index in [2.05, 4.69) is 97.9 Å². The summed E-state index contributed by atoms with van der Waals surface area (Å²) >= 11 is 0. The van der Waals surface area contributed by atoms with Crippen LogP contribution in [0.25, 0.3) is 33.6 Å². The number of amides is 3. The van der Waals surface area contributed by atoms with Crippen molar-refractivity contribution in [1.29, 1.82) is 0 Å². The van der Waals surface area contributed by atoms with Crippen molar-refractivity contribution in [3.05, 3.63) is 108 Å². The first-order chi connectivity index (χ1) is 30.7. The van der Waals surface area contributed by atoms with Gasteiger partial charge in [0, 0.05) is 31.7 Å². The molecule has 7 heterocycles. The SMILES string of the molecule is COC(=O)N[C@H](C(=O)N1CCC[C@H]1c1ncc(-c2ccc(-c3ccc(-c4cnc([C@@H]5C[C@@]6(CCCO6)CN5C(=O)[C@H](c5ccccc5)N5C6CCC5CC6)[nH]4)cc3)cc2)[nH]1)C(C)C. The molecular weight excluding hydrogens is 793 g/mol. The predicted molar refractivity (Wildman–Crippen MR) is 239 cm³/mol. The Balaban J connectivity index is 0.836. The number of aromatic nitrogens is 4. The second kappa shape index (κ2) is 17.1. The minimum Gasteiger partial charge on any atom is -0.453 e. The number of carbonyl (C=O) groups excluding carboxylic acids is 3. The molecule has 5 saturated heterocycles. The molecule has 0 saturated carbocycles. The van der Waals surface area contributed by atoms with Crippen molar-refractivity contribution in [3.63, 3.8) is 0 Å². The van der Waals surface area contributed by atoms with Gasteiger partial charge in [0.25, 0.3) is 0 Å². The molecule has 0 aliphatic carbocycles. The summed E-state index contributed by atoms with van der Waals surface area (Å²) in [5.41, 5.74) is 6.73. The number of ether oxygens (including phenoxy) is 2. The molecule has 5 fully saturated rings. The Morgan fingerprint density at radius 1 is 0.746 bits per heavy atom. The summed E-state index contributed by atoms with van der Waals surface area (Å²) in [5.74, 6) is 1.48. The molecule has 0 unspecified atom stereocenters. The zero-order valence-electron chi connectivity index (χ0n) is 36.5. The number of alkyl carbamates (subject to hydrolysis) is 1. The first-order valence-electron chi connectivity index (χ1n) is 22.9. The van der Waals surface area contributed by atoms with Crippen LogP contribution in [0.2, 0.25) is 0 Å². The second-order valence-corrected chi connectivity index (χ2v) is 18.6. The van der Waals surface area contributed by atoms with Gasteiger partial charge in [0.2, 0.25) is 11.8 Å². The quantitative estimate of drug-likeness (QED) is 0.120. The highest BCUT2D eigenvalue weighted by molar-refractivity contribution is 5.87. The minimum absolute atomic E-state index is 0.0992. The first-order valence-corrected chi connectivity index (χ1v) is 22.9. The van der Waals surface area contributed by atoms with Crippen LogP contribution in [-0.2, 0) is 19.1 Å². The molecule has 63 heavy (non-hydrogen) atoms. The van der Waals surface area contributed by atoms with E-state index in [1.807, 2.05) is 37.2 Å². The van der Waals surface area contributed by atoms with Crippen LogP contribution in [0.5, 0.6) is 0 Å². The lowest BCUT2D eigenvalue weighted by Gasteiger charge is -2.36. The maximum Gasteiger partial charge on any atom is 0.407 e. The Labute approximate surface area is 369 Å². The number of nitrogens with one attached hydrogen (secondary N) is 3. The number of methoxy groups -OCH3 is 1. The van der Waals surface area contributed by atoms with E-state index in [0.717, 1.165) is 89.6 Å². The second-order valence-electron chi connectivity index (χ2n) is 18.6. The van der Waals surface area contributed by atoms with Gasteiger partial charge in [-0.05, 0) is 85.1 Å². The van der Waals surface area contributed by atoms with E-state index >= 15 is 4.79 Å². The van der Waals surface area contributed by atoms with Crippen molar-refractivity contribution >= 4 is 17.9 Å². The topological polar surface area (TPSA) is 149 Å². The first kappa shape index (κ1) is 41.2. The lowest BCUT2D eigenvalue weighted by molar-refractivity contribution is -0.140. The summed E-state index contributed by atoms with van der Waals surface area (Å²) in [6.07, 6.45) is 12.1. The van der Waals surface area contributed by atoms with E-state index in [4.69, 9.17) is 19.4 Å². The molecule has 10 rings (SSSR count). The smallest absolute Gasteiger partial charge is 0.407 e. The van der Waals surface area contributed by atoms with Crippen molar-refractivity contribution in [2.75, 3.05) is 26.8 Å². The fourth-order valence-electron chi connectivity index (χ4n) is 11.3. The van der Waals surface area contributed by atoms with Crippen LogP contribution in [0.15, 0.2) is 91.3 Å². The zero-order chi connectivity index (χ0) is 43.2. The minimum atomic E-state index is -0.682. The molecule has 328 valence electrons. The third-order valence-electron chi connectivity index (χ3n) is 14.5. The average Bonchev–Trinajstić information content (AvgIpc) is 4.19. The molecule has 13 nitrogen and oxygen atoms in total. The summed E-state index contributed by atoms with van der Waals surface area (Å²) in [4.78, 5) is 63.9. The van der Waals surface area contributed by atoms with Gasteiger partial charge in [0.1, 0.15) is 23.7 Å². The number of H-pyrrole nitrogens is 2. The zero-order valence-corrected chi connectivity index (χ0v) is 36.5. The number of fused-ring (bicyclic) bond motifs is 2. The van der Waals surface area contributed by atoms with Crippen LogP contribution < -0.4 is 5.32 Å². The van der Waals surface area contributed by atoms with E-state index in [0.29, 0.717) is 25.2 Å². The molecule has 2 bridgehead atoms. The van der Waals surface area contributed by atoms with Gasteiger partial charge in [0.05, 0.1) is 55.1 Å². The van der Waals surface area contributed by atoms with Gasteiger partial charge < -0.3 is 34.6 Å². The Morgan fingerprint density at radius 3 is 1.89 bits per heavy atom. The summed E-state index contributed by atoms with van der Waals surface area (Å²) < 4.78 is 11.2. The number of nitrogens with zero attached hydrogens (tertiary/aromatic N) is 5. The van der Waals surface area contributed by atoms with Gasteiger partial charge in [-0.2, -0.15) is 0 Å². The molecule has 3 amide bonds. The largest absolute Gasteiger partial charge is 0.453 e. The number of likely N-dealkylation sites (tertiary alicyclic amines) is 2. The van der Waals surface area contributed by atoms with Gasteiger partial charge in [-0.25, -0.2) is 14.8 Å². The highest BCUT2D eigenvalue weighted by atomic mass is 16.5. The number of rotatable bonds is 11. The standard InChI is InChI=1S/C50H58N8O5/c1-31(2)43(55-49(61)62-3)47(59)56-25-7-11-41(56)45-51-28-39(53-45)34-16-12-32(13-17-34)33-14-18-35(19-15-33)40-29-52-46(54-40)42-27-50(24-8-26-63-50)30-57(42)48(60)44(36-9-5-4-6-10-36)58-37-20-21-38(58)23-22-37/h4-6,9-10,12-19,28-29,31,37-38,41-44H,7-8,11,20-27,30H2,1-3H3,(H,51,53)(H,52,54)(H,55,61)/t37?,38?,41-,42-,43-,44-,50-/m0/s1. The number of imidazole rings is 2. The molecular formula is C50H58N8O5. The highest BCUT2D eigenvalue weighted by Crippen LogP contribution is 2.49. The van der Waals surface area contributed by atoms with Crippen molar-refractivity contribution < 1.29 is 23.9 Å². The molecule has 5 aliphatic rings. The molecule has 5 aromatic rings. The predicted octanol–water partition coefficient (Wildman–Crippen LogP) is 8.37. The van der Waals surface area contributed by atoms with Crippen LogP contribution in [0.1, 0.15) is 107 Å². The highest BCUT2D eigenvalue weighted by Gasteiger charge is 2.54. The summed E-state index contributed by atoms with van der Waals surface area (Å²) in [7, 11) is 1.30. The normalized spacial score (nSPS) is 25.3. The fourth-order valence-corrected chi connectivity index (χ4v) is 11.3. The van der Waals surface area contributed by atoms with Gasteiger partial charge in [0.15, 0.2) is 0 Å². The average molecular weight is 851 g/mol. The van der Waals surface area contributed by atoms with Crippen molar-refractivity contribution in [1.82, 2.24) is 40.0 Å². The molecule has 1 spiro atoms. The maximum atomic E-state index is 15.0. The van der Waals surface area contributed by atoms with Crippen molar-refractivity contribution in [2.45, 2.75) is 113 Å². The lowest BCUT2D eigenvalue weighted by atomic mass is 9.96. The number of hydrogen-bond donors (Lipinski definition) is 3. The van der Waals surface area contributed by atoms with E-state index in [-0.39, 0.29) is 41.5 Å². The third-order valence-corrected chi connectivity index (χ3v) is 14.5. The number of benzene rings is 3. The molecule has 5 aliphatic heterocycles. The van der Waals surface area contributed by atoms with E-state index < -0.39 is 12.1 Å². The van der Waals surface area contributed by atoms with Gasteiger partial charge in [-0.1, -0.05) is 92.7 Å². The Bertz CT molecular complexity index is 2400. The van der Waals surface area contributed by atoms with Crippen molar-refractivity contribution in [2.24, 2.45) is 5.92 Å². The van der Waals surface area contributed by atoms with Crippen LogP contribution in [0.3, 0.4) is 0 Å². The van der Waals surface area contributed by atoms with Gasteiger partial charge >= 0.3 is 6.09 Å². The number of carbonyl (C=O) groups is 3. The monoisotopic (exact) mass is 850 g/mol. The van der Waals surface area contributed by atoms with Crippen molar-refractivity contribution in [3.8, 4) is 33.6 Å². The molecule has 3 N–H and O–H groups in total. The van der Waals surface area contributed by atoms with E-state index in [9.17, 15) is 9.59 Å². The van der Waals surface area contributed by atoms with Crippen LogP contribution in [0, 0.1) is 5.92 Å². The Morgan fingerprint density at radius 2 is 1.33 bits per heavy atom. The lowest BCUT2D eigenvalue weighted by Crippen LogP contribution is -2.51. The summed E-state index contributed by atoms with van der Waals surface area (Å²) in [6.45, 7) is 5.75. The fraction of sp³-hybridized carbons (Fsp3) is 0.460. The molecule has 5 atom stereocenters. The number of aromatic amines is 2. The van der Waals surface area contributed by atoms with E-state index in [1.54, 1.807) is 0 Å². The van der Waals surface area contributed by atoms with Crippen LogP contribution >= 0.6 is 0 Å². The summed E-state index contributed by atoms with van der Waals surface area (Å²) in [6, 6.07) is 26.8. The molecule has 2 aromatic heterocycles. The summed E-state index contributed by atoms with van der Waals surface area (Å²) in [5, 5.41) is 2.71. The third kappa shape index (κ3) is 7.83. The van der Waals surface area contributed by atoms with Crippen LogP contribution in [0.4, 0.5) is 4.79 Å². The molecule has 3 aromatic carbocycles. The maximum absolute atomic E-state index is 15.0. The molecule has 0 radical (unpaired) electrons. The van der Waals surface area contributed by atoms with Gasteiger partial charge in [-0.15, -0.1) is 0 Å². The number of hydrogen-bond acceptors (Lipinski definition) is 8.